The molecule has 0 fully saturated rings. The van der Waals surface area contributed by atoms with Crippen molar-refractivity contribution in [1.82, 2.24) is 10.1 Å². The number of aldehydes is 1. The minimum absolute atomic E-state index is 0.164. The second kappa shape index (κ2) is 5.44. The third-order valence-electron chi connectivity index (χ3n) is 2.47. The van der Waals surface area contributed by atoms with Crippen molar-refractivity contribution in [3.8, 4) is 5.75 Å². The molecule has 0 saturated heterocycles. The third-order valence-corrected chi connectivity index (χ3v) is 2.47. The Labute approximate surface area is 105 Å². The van der Waals surface area contributed by atoms with Gasteiger partial charge in [-0.05, 0) is 19.1 Å². The molecule has 5 heteroatoms. The zero-order valence-electron chi connectivity index (χ0n) is 10.3. The highest BCUT2D eigenvalue weighted by Gasteiger charge is 2.08. The van der Waals surface area contributed by atoms with Crippen LogP contribution in [-0.2, 0) is 13.0 Å². The molecule has 1 aromatic carbocycles. The molecule has 0 amide bonds. The van der Waals surface area contributed by atoms with E-state index in [9.17, 15) is 4.79 Å². The van der Waals surface area contributed by atoms with Crippen molar-refractivity contribution in [3.63, 3.8) is 0 Å². The van der Waals surface area contributed by atoms with Crippen molar-refractivity contribution in [1.29, 1.82) is 0 Å². The Hall–Kier alpha value is -2.17. The highest BCUT2D eigenvalue weighted by Crippen LogP contribution is 2.19. The Morgan fingerprint density at radius 2 is 2.28 bits per heavy atom. The first-order valence-corrected chi connectivity index (χ1v) is 5.73. The van der Waals surface area contributed by atoms with Gasteiger partial charge in [-0.3, -0.25) is 4.79 Å². The number of rotatable bonds is 5. The van der Waals surface area contributed by atoms with Crippen LogP contribution in [0.3, 0.4) is 0 Å². The lowest BCUT2D eigenvalue weighted by molar-refractivity contribution is 0.111. The van der Waals surface area contributed by atoms with Gasteiger partial charge in [-0.2, -0.15) is 4.98 Å². The lowest BCUT2D eigenvalue weighted by Crippen LogP contribution is -1.99. The van der Waals surface area contributed by atoms with Crippen LogP contribution in [0.2, 0.25) is 0 Å². The molecule has 18 heavy (non-hydrogen) atoms. The van der Waals surface area contributed by atoms with E-state index < -0.39 is 0 Å². The van der Waals surface area contributed by atoms with Gasteiger partial charge in [0.25, 0.3) is 5.89 Å². The number of aromatic nitrogens is 2. The monoisotopic (exact) mass is 246 g/mol. The molecule has 0 atom stereocenters. The average molecular weight is 246 g/mol. The van der Waals surface area contributed by atoms with E-state index in [0.717, 1.165) is 11.8 Å². The summed E-state index contributed by atoms with van der Waals surface area (Å²) in [5.41, 5.74) is 1.53. The molecular formula is C13H14N2O3. The maximum atomic E-state index is 10.9. The van der Waals surface area contributed by atoms with E-state index in [1.165, 1.54) is 0 Å². The minimum Gasteiger partial charge on any atom is -0.483 e. The van der Waals surface area contributed by atoms with Gasteiger partial charge in [0.15, 0.2) is 18.7 Å². The summed E-state index contributed by atoms with van der Waals surface area (Å²) in [6.45, 7) is 4.03. The molecule has 94 valence electrons. The van der Waals surface area contributed by atoms with Gasteiger partial charge in [0.2, 0.25) is 0 Å². The summed E-state index contributed by atoms with van der Waals surface area (Å²) in [5.74, 6) is 1.57. The maximum Gasteiger partial charge on any atom is 0.264 e. The van der Waals surface area contributed by atoms with Gasteiger partial charge in [0, 0.05) is 6.42 Å². The van der Waals surface area contributed by atoms with Gasteiger partial charge in [-0.15, -0.1) is 0 Å². The van der Waals surface area contributed by atoms with E-state index in [-0.39, 0.29) is 6.61 Å². The van der Waals surface area contributed by atoms with Crippen LogP contribution < -0.4 is 4.74 Å². The fourth-order valence-electron chi connectivity index (χ4n) is 1.52. The van der Waals surface area contributed by atoms with Crippen molar-refractivity contribution in [3.05, 3.63) is 41.0 Å². The molecular weight excluding hydrogens is 232 g/mol. The summed E-state index contributed by atoms with van der Waals surface area (Å²) in [6.07, 6.45) is 1.49. The van der Waals surface area contributed by atoms with Crippen LogP contribution in [0.1, 0.15) is 34.6 Å². The van der Waals surface area contributed by atoms with Gasteiger partial charge in [-0.25, -0.2) is 0 Å². The maximum absolute atomic E-state index is 10.9. The second-order valence-electron chi connectivity index (χ2n) is 3.91. The lowest BCUT2D eigenvalue weighted by Gasteiger charge is -2.06. The molecule has 0 aliphatic heterocycles. The van der Waals surface area contributed by atoms with E-state index in [2.05, 4.69) is 10.1 Å². The van der Waals surface area contributed by atoms with Crippen LogP contribution in [-0.4, -0.2) is 16.4 Å². The van der Waals surface area contributed by atoms with Gasteiger partial charge in [0.05, 0.1) is 5.56 Å². The molecule has 0 unspecified atom stereocenters. The highest BCUT2D eigenvalue weighted by atomic mass is 16.5. The first kappa shape index (κ1) is 12.3. The van der Waals surface area contributed by atoms with Crippen LogP contribution in [0.15, 0.2) is 22.7 Å². The van der Waals surface area contributed by atoms with E-state index in [1.54, 1.807) is 12.1 Å². The molecule has 0 saturated carbocycles. The van der Waals surface area contributed by atoms with Crippen LogP contribution in [0.25, 0.3) is 0 Å². The summed E-state index contributed by atoms with van der Waals surface area (Å²) < 4.78 is 10.5. The smallest absolute Gasteiger partial charge is 0.264 e. The van der Waals surface area contributed by atoms with Crippen LogP contribution in [0.4, 0.5) is 0 Å². The standard InChI is InChI=1S/C13H14N2O3/c1-3-12-14-13(18-15-12)8-17-11-5-4-9(2)6-10(11)7-16/h4-7H,3,8H2,1-2H3. The molecule has 0 N–H and O–H groups in total. The fraction of sp³-hybridized carbons (Fsp3) is 0.308. The van der Waals surface area contributed by atoms with Crippen molar-refractivity contribution in [2.45, 2.75) is 26.9 Å². The second-order valence-corrected chi connectivity index (χ2v) is 3.91. The molecule has 2 rings (SSSR count). The van der Waals surface area contributed by atoms with Crippen LogP contribution in [0, 0.1) is 6.92 Å². The van der Waals surface area contributed by atoms with E-state index in [0.29, 0.717) is 29.4 Å². The molecule has 2 aromatic rings. The zero-order valence-corrected chi connectivity index (χ0v) is 10.3. The predicted molar refractivity (Wildman–Crippen MR) is 64.6 cm³/mol. The summed E-state index contributed by atoms with van der Waals surface area (Å²) in [5, 5.41) is 3.77. The van der Waals surface area contributed by atoms with Crippen LogP contribution >= 0.6 is 0 Å². The Balaban J connectivity index is 2.07. The van der Waals surface area contributed by atoms with Crippen molar-refractivity contribution in [2.24, 2.45) is 0 Å². The largest absolute Gasteiger partial charge is 0.483 e. The van der Waals surface area contributed by atoms with Gasteiger partial charge in [0.1, 0.15) is 5.75 Å². The van der Waals surface area contributed by atoms with Gasteiger partial charge < -0.3 is 9.26 Å². The first-order valence-electron chi connectivity index (χ1n) is 5.73. The number of hydrogen-bond donors (Lipinski definition) is 0. The summed E-state index contributed by atoms with van der Waals surface area (Å²) in [4.78, 5) is 15.0. The zero-order chi connectivity index (χ0) is 13.0. The molecule has 0 radical (unpaired) electrons. The van der Waals surface area contributed by atoms with Crippen molar-refractivity contribution >= 4 is 6.29 Å². The van der Waals surface area contributed by atoms with Crippen LogP contribution in [0.5, 0.6) is 5.75 Å². The molecule has 0 aliphatic carbocycles. The first-order chi connectivity index (χ1) is 8.72. The van der Waals surface area contributed by atoms with E-state index in [1.807, 2.05) is 19.9 Å². The Morgan fingerprint density at radius 1 is 1.44 bits per heavy atom. The number of carbonyl (C=O) groups is 1. The number of carbonyl (C=O) groups excluding carboxylic acids is 1. The molecule has 1 heterocycles. The number of benzene rings is 1. The van der Waals surface area contributed by atoms with Gasteiger partial charge >= 0.3 is 0 Å². The molecule has 0 bridgehead atoms. The van der Waals surface area contributed by atoms with Crippen molar-refractivity contribution < 1.29 is 14.1 Å². The lowest BCUT2D eigenvalue weighted by atomic mass is 10.1. The number of ether oxygens (including phenoxy) is 1. The fourth-order valence-corrected chi connectivity index (χ4v) is 1.52. The molecule has 5 nitrogen and oxygen atoms in total. The predicted octanol–water partition coefficient (Wildman–Crippen LogP) is 2.33. The minimum atomic E-state index is 0.164. The number of aryl methyl sites for hydroxylation is 2. The highest BCUT2D eigenvalue weighted by molar-refractivity contribution is 5.79. The SMILES string of the molecule is CCc1noc(COc2ccc(C)cc2C=O)n1. The summed E-state index contributed by atoms with van der Waals surface area (Å²) in [7, 11) is 0. The van der Waals surface area contributed by atoms with E-state index >= 15 is 0 Å². The molecule has 0 aliphatic rings. The van der Waals surface area contributed by atoms with E-state index in [4.69, 9.17) is 9.26 Å². The third kappa shape index (κ3) is 2.74. The normalized spacial score (nSPS) is 10.3. The topological polar surface area (TPSA) is 65.2 Å². The quantitative estimate of drug-likeness (QED) is 0.757. The Morgan fingerprint density at radius 3 is 2.94 bits per heavy atom. The Bertz CT molecular complexity index is 549. The molecule has 0 spiro atoms. The number of nitrogens with zero attached hydrogens (tertiary/aromatic N) is 2. The number of hydrogen-bond acceptors (Lipinski definition) is 5. The Kier molecular flexibility index (Phi) is 3.72. The summed E-state index contributed by atoms with van der Waals surface area (Å²) in [6, 6.07) is 5.41. The van der Waals surface area contributed by atoms with Gasteiger partial charge in [-0.1, -0.05) is 23.7 Å². The molecule has 1 aromatic heterocycles. The summed E-state index contributed by atoms with van der Waals surface area (Å²) >= 11 is 0. The van der Waals surface area contributed by atoms with Crippen molar-refractivity contribution in [2.75, 3.05) is 0 Å². The average Bonchev–Trinajstić information content (AvgIpc) is 2.85.